The van der Waals surface area contributed by atoms with E-state index in [-0.39, 0.29) is 29.9 Å². The first-order valence-corrected chi connectivity index (χ1v) is 11.0. The summed E-state index contributed by atoms with van der Waals surface area (Å²) >= 11 is 0. The lowest BCUT2D eigenvalue weighted by Gasteiger charge is -2.42. The number of anilines is 1. The van der Waals surface area contributed by atoms with Gasteiger partial charge in [0.05, 0.1) is 17.6 Å². The molecule has 2 saturated heterocycles. The maximum Gasteiger partial charge on any atom is 0.225 e. The van der Waals surface area contributed by atoms with Crippen LogP contribution in [0.2, 0.25) is 0 Å². The molecule has 8 nitrogen and oxygen atoms in total. The lowest BCUT2D eigenvalue weighted by Crippen LogP contribution is -2.62. The molecular weight excluding hydrogens is 380 g/mol. The van der Waals surface area contributed by atoms with Crippen molar-refractivity contribution in [2.24, 2.45) is 11.8 Å². The van der Waals surface area contributed by atoms with E-state index in [4.69, 9.17) is 5.26 Å². The van der Waals surface area contributed by atoms with E-state index >= 15 is 0 Å². The third-order valence-corrected chi connectivity index (χ3v) is 6.66. The number of aromatic nitrogens is 1. The zero-order chi connectivity index (χ0) is 21.1. The molecule has 0 spiro atoms. The standard InChI is InChI=1S/C22H30N6O2/c1-15-2-4-18-17(12-15)22(30)26-19(25-18)5-7-21(29)28-10-8-27(9-11-28)20-6-3-16(13-23)14-24-20/h3,6,14-15,17-19,25H,2,4-5,7-12H2,1H3,(H,26,30). The monoisotopic (exact) mass is 410 g/mol. The van der Waals surface area contributed by atoms with Crippen molar-refractivity contribution in [1.82, 2.24) is 20.5 Å². The summed E-state index contributed by atoms with van der Waals surface area (Å²) in [4.78, 5) is 33.5. The highest BCUT2D eigenvalue weighted by molar-refractivity contribution is 5.81. The largest absolute Gasteiger partial charge is 0.353 e. The van der Waals surface area contributed by atoms with Gasteiger partial charge in [-0.25, -0.2) is 4.98 Å². The van der Waals surface area contributed by atoms with Crippen molar-refractivity contribution in [3.63, 3.8) is 0 Å². The second-order valence-corrected chi connectivity index (χ2v) is 8.78. The second-order valence-electron chi connectivity index (χ2n) is 8.78. The lowest BCUT2D eigenvalue weighted by atomic mass is 9.77. The van der Waals surface area contributed by atoms with E-state index in [1.54, 1.807) is 12.3 Å². The van der Waals surface area contributed by atoms with Crippen LogP contribution in [0.3, 0.4) is 0 Å². The summed E-state index contributed by atoms with van der Waals surface area (Å²) < 4.78 is 0. The number of hydrogen-bond acceptors (Lipinski definition) is 6. The number of amides is 2. The Kier molecular flexibility index (Phi) is 6.18. The summed E-state index contributed by atoms with van der Waals surface area (Å²) in [6.45, 7) is 4.99. The topological polar surface area (TPSA) is 101 Å². The van der Waals surface area contributed by atoms with Crippen molar-refractivity contribution in [2.75, 3.05) is 31.1 Å². The van der Waals surface area contributed by atoms with Crippen LogP contribution in [-0.4, -0.2) is 60.1 Å². The molecule has 8 heteroatoms. The molecule has 4 rings (SSSR count). The van der Waals surface area contributed by atoms with Gasteiger partial charge in [0.25, 0.3) is 0 Å². The molecule has 1 aliphatic carbocycles. The Labute approximate surface area is 177 Å². The molecule has 1 aromatic heterocycles. The van der Waals surface area contributed by atoms with Gasteiger partial charge in [-0.3, -0.25) is 14.9 Å². The average molecular weight is 411 g/mol. The summed E-state index contributed by atoms with van der Waals surface area (Å²) in [7, 11) is 0. The van der Waals surface area contributed by atoms with Gasteiger partial charge in [-0.1, -0.05) is 6.92 Å². The number of carbonyl (C=O) groups is 2. The fourth-order valence-corrected chi connectivity index (χ4v) is 4.85. The van der Waals surface area contributed by atoms with E-state index in [1.165, 1.54) is 0 Å². The highest BCUT2D eigenvalue weighted by Gasteiger charge is 2.39. The smallest absolute Gasteiger partial charge is 0.225 e. The molecule has 3 aliphatic rings. The zero-order valence-corrected chi connectivity index (χ0v) is 17.5. The van der Waals surface area contributed by atoms with E-state index in [9.17, 15) is 9.59 Å². The molecule has 0 aromatic carbocycles. The molecule has 4 atom stereocenters. The predicted octanol–water partition coefficient (Wildman–Crippen LogP) is 1.23. The van der Waals surface area contributed by atoms with Gasteiger partial charge < -0.3 is 15.1 Å². The molecular formula is C22H30N6O2. The number of nitrogens with one attached hydrogen (secondary N) is 2. The minimum absolute atomic E-state index is 0.0737. The second kappa shape index (κ2) is 9.00. The molecule has 0 bridgehead atoms. The van der Waals surface area contributed by atoms with Gasteiger partial charge in [0.2, 0.25) is 11.8 Å². The minimum Gasteiger partial charge on any atom is -0.353 e. The zero-order valence-electron chi connectivity index (χ0n) is 17.5. The summed E-state index contributed by atoms with van der Waals surface area (Å²) in [6.07, 6.45) is 5.67. The highest BCUT2D eigenvalue weighted by Crippen LogP contribution is 2.31. The number of pyridine rings is 1. The molecule has 160 valence electrons. The maximum atomic E-state index is 12.7. The lowest BCUT2D eigenvalue weighted by molar-refractivity contribution is -0.134. The third kappa shape index (κ3) is 4.57. The van der Waals surface area contributed by atoms with E-state index in [1.807, 2.05) is 11.0 Å². The maximum absolute atomic E-state index is 12.7. The van der Waals surface area contributed by atoms with Crippen LogP contribution < -0.4 is 15.5 Å². The number of hydrogen-bond donors (Lipinski definition) is 2. The fourth-order valence-electron chi connectivity index (χ4n) is 4.85. The van der Waals surface area contributed by atoms with Crippen LogP contribution in [0, 0.1) is 23.2 Å². The minimum atomic E-state index is -0.111. The first kappa shape index (κ1) is 20.6. The van der Waals surface area contributed by atoms with Crippen LogP contribution >= 0.6 is 0 Å². The number of piperazine rings is 1. The first-order valence-electron chi connectivity index (χ1n) is 11.0. The Morgan fingerprint density at radius 3 is 2.77 bits per heavy atom. The molecule has 30 heavy (non-hydrogen) atoms. The van der Waals surface area contributed by atoms with E-state index in [2.05, 4.69) is 33.5 Å². The van der Waals surface area contributed by atoms with Crippen molar-refractivity contribution in [3.05, 3.63) is 23.9 Å². The predicted molar refractivity (Wildman–Crippen MR) is 112 cm³/mol. The van der Waals surface area contributed by atoms with Crippen LogP contribution in [0.25, 0.3) is 0 Å². The molecule has 0 radical (unpaired) electrons. The number of fused-ring (bicyclic) bond motifs is 1. The molecule has 2 amide bonds. The average Bonchev–Trinajstić information content (AvgIpc) is 2.78. The fraction of sp³-hybridized carbons (Fsp3) is 0.636. The Morgan fingerprint density at radius 2 is 2.07 bits per heavy atom. The van der Waals surface area contributed by atoms with E-state index in [0.717, 1.165) is 38.2 Å². The van der Waals surface area contributed by atoms with Gasteiger partial charge in [0.1, 0.15) is 11.9 Å². The molecule has 4 unspecified atom stereocenters. The number of nitriles is 1. The summed E-state index contributed by atoms with van der Waals surface area (Å²) in [6, 6.07) is 5.94. The van der Waals surface area contributed by atoms with Crippen LogP contribution in [0.15, 0.2) is 18.3 Å². The number of rotatable bonds is 4. The van der Waals surface area contributed by atoms with Gasteiger partial charge in [-0.05, 0) is 43.7 Å². The van der Waals surface area contributed by atoms with Crippen molar-refractivity contribution in [1.29, 1.82) is 5.26 Å². The molecule has 1 saturated carbocycles. The van der Waals surface area contributed by atoms with Gasteiger partial charge >= 0.3 is 0 Å². The van der Waals surface area contributed by atoms with Crippen molar-refractivity contribution >= 4 is 17.6 Å². The molecule has 3 fully saturated rings. The normalized spacial score (nSPS) is 29.0. The van der Waals surface area contributed by atoms with Gasteiger partial charge in [0.15, 0.2) is 0 Å². The van der Waals surface area contributed by atoms with Crippen LogP contribution in [-0.2, 0) is 9.59 Å². The number of nitrogens with zero attached hydrogens (tertiary/aromatic N) is 4. The summed E-state index contributed by atoms with van der Waals surface area (Å²) in [5.74, 6) is 1.80. The van der Waals surface area contributed by atoms with Crippen LogP contribution in [0.1, 0.15) is 44.6 Å². The SMILES string of the molecule is CC1CCC2NC(CCC(=O)N3CCN(c4ccc(C#N)cn4)CC3)NC(=O)C2C1. The van der Waals surface area contributed by atoms with Gasteiger partial charge in [-0.2, -0.15) is 5.26 Å². The molecule has 2 N–H and O–H groups in total. The van der Waals surface area contributed by atoms with Crippen LogP contribution in [0.5, 0.6) is 0 Å². The molecule has 2 aliphatic heterocycles. The Hall–Kier alpha value is -2.66. The van der Waals surface area contributed by atoms with Crippen molar-refractivity contribution in [2.45, 2.75) is 51.2 Å². The van der Waals surface area contributed by atoms with E-state index in [0.29, 0.717) is 37.4 Å². The highest BCUT2D eigenvalue weighted by atomic mass is 16.2. The Morgan fingerprint density at radius 1 is 1.27 bits per heavy atom. The molecule has 3 heterocycles. The van der Waals surface area contributed by atoms with Crippen molar-refractivity contribution in [3.8, 4) is 6.07 Å². The first-order chi connectivity index (χ1) is 14.5. The summed E-state index contributed by atoms with van der Waals surface area (Å²) in [5, 5.41) is 15.5. The quantitative estimate of drug-likeness (QED) is 0.774. The molecule has 1 aromatic rings. The van der Waals surface area contributed by atoms with Crippen LogP contribution in [0.4, 0.5) is 5.82 Å². The van der Waals surface area contributed by atoms with Gasteiger partial charge in [0, 0.05) is 44.8 Å². The van der Waals surface area contributed by atoms with E-state index < -0.39 is 0 Å². The van der Waals surface area contributed by atoms with Gasteiger partial charge in [-0.15, -0.1) is 0 Å². The number of carbonyl (C=O) groups excluding carboxylic acids is 2. The Balaban J connectivity index is 1.22. The summed E-state index contributed by atoms with van der Waals surface area (Å²) in [5.41, 5.74) is 0.546. The van der Waals surface area contributed by atoms with Crippen molar-refractivity contribution < 1.29 is 9.59 Å². The Bertz CT molecular complexity index is 812. The third-order valence-electron chi connectivity index (χ3n) is 6.66.